The molecule has 0 aliphatic heterocycles. The predicted octanol–water partition coefficient (Wildman–Crippen LogP) is 0.426. The molecule has 0 spiro atoms. The second kappa shape index (κ2) is 8.98. The van der Waals surface area contributed by atoms with Crippen molar-refractivity contribution in [1.82, 2.24) is 10.6 Å². The Balaban J connectivity index is 3.94. The van der Waals surface area contributed by atoms with E-state index in [9.17, 15) is 9.59 Å². The van der Waals surface area contributed by atoms with E-state index < -0.39 is 6.04 Å². The summed E-state index contributed by atoms with van der Waals surface area (Å²) < 4.78 is 0. The van der Waals surface area contributed by atoms with Gasteiger partial charge in [-0.3, -0.25) is 9.59 Å². The molecule has 1 unspecified atom stereocenters. The summed E-state index contributed by atoms with van der Waals surface area (Å²) in [4.78, 5) is 22.7. The third kappa shape index (κ3) is 7.74. The van der Waals surface area contributed by atoms with Gasteiger partial charge in [-0.15, -0.1) is 0 Å². The number of aliphatic hydroxyl groups is 1. The fraction of sp³-hybridized carbons (Fsp3) is 0.833. The van der Waals surface area contributed by atoms with Crippen LogP contribution in [0.4, 0.5) is 0 Å². The second-order valence-electron chi connectivity index (χ2n) is 4.50. The van der Waals surface area contributed by atoms with Gasteiger partial charge in [-0.1, -0.05) is 13.8 Å². The molecule has 0 rings (SSSR count). The van der Waals surface area contributed by atoms with Crippen LogP contribution >= 0.6 is 0 Å². The van der Waals surface area contributed by atoms with E-state index in [0.29, 0.717) is 6.54 Å². The van der Waals surface area contributed by atoms with E-state index in [2.05, 4.69) is 10.6 Å². The standard InChI is InChI=1S/C12H24N2O3/c1-9(2)11(14-10(3)16)12(17)13-7-5-4-6-8-15/h9,11,15H,4-8H2,1-3H3,(H,13,17)(H,14,16). The van der Waals surface area contributed by atoms with Crippen molar-refractivity contribution in [2.24, 2.45) is 5.92 Å². The molecule has 5 heteroatoms. The highest BCUT2D eigenvalue weighted by atomic mass is 16.3. The number of hydrogen-bond acceptors (Lipinski definition) is 3. The monoisotopic (exact) mass is 244 g/mol. The Kier molecular flexibility index (Phi) is 8.40. The molecule has 0 aromatic rings. The Hall–Kier alpha value is -1.10. The van der Waals surface area contributed by atoms with Gasteiger partial charge in [0.25, 0.3) is 0 Å². The van der Waals surface area contributed by atoms with Crippen LogP contribution in [0.5, 0.6) is 0 Å². The molecule has 0 heterocycles. The van der Waals surface area contributed by atoms with E-state index >= 15 is 0 Å². The van der Waals surface area contributed by atoms with Crippen molar-refractivity contribution in [3.8, 4) is 0 Å². The van der Waals surface area contributed by atoms with E-state index in [0.717, 1.165) is 19.3 Å². The number of carbonyl (C=O) groups excluding carboxylic acids is 2. The number of rotatable bonds is 8. The van der Waals surface area contributed by atoms with Crippen LogP contribution in [0.25, 0.3) is 0 Å². The molecule has 3 N–H and O–H groups in total. The summed E-state index contributed by atoms with van der Waals surface area (Å²) in [5.74, 6) is -0.269. The van der Waals surface area contributed by atoms with Crippen molar-refractivity contribution in [3.63, 3.8) is 0 Å². The zero-order chi connectivity index (χ0) is 13.3. The van der Waals surface area contributed by atoms with Gasteiger partial charge in [-0.2, -0.15) is 0 Å². The quantitative estimate of drug-likeness (QED) is 0.542. The minimum Gasteiger partial charge on any atom is -0.396 e. The molecule has 0 saturated carbocycles. The molecule has 100 valence electrons. The molecule has 0 bridgehead atoms. The Morgan fingerprint density at radius 1 is 1.18 bits per heavy atom. The van der Waals surface area contributed by atoms with Gasteiger partial charge in [0.05, 0.1) is 0 Å². The van der Waals surface area contributed by atoms with E-state index in [1.54, 1.807) is 0 Å². The lowest BCUT2D eigenvalue weighted by atomic mass is 10.0. The van der Waals surface area contributed by atoms with Gasteiger partial charge in [0.2, 0.25) is 11.8 Å². The first-order valence-electron chi connectivity index (χ1n) is 6.14. The molecule has 0 aromatic carbocycles. The van der Waals surface area contributed by atoms with Crippen LogP contribution < -0.4 is 10.6 Å². The first-order valence-corrected chi connectivity index (χ1v) is 6.14. The number of unbranched alkanes of at least 4 members (excludes halogenated alkanes) is 2. The smallest absolute Gasteiger partial charge is 0.242 e. The highest BCUT2D eigenvalue weighted by molar-refractivity contribution is 5.86. The third-order valence-corrected chi connectivity index (χ3v) is 2.44. The van der Waals surface area contributed by atoms with Gasteiger partial charge in [-0.25, -0.2) is 0 Å². The largest absolute Gasteiger partial charge is 0.396 e. The lowest BCUT2D eigenvalue weighted by molar-refractivity contribution is -0.129. The van der Waals surface area contributed by atoms with Crippen molar-refractivity contribution in [2.75, 3.05) is 13.2 Å². The van der Waals surface area contributed by atoms with Gasteiger partial charge in [0.15, 0.2) is 0 Å². The lowest BCUT2D eigenvalue weighted by Crippen LogP contribution is -2.49. The third-order valence-electron chi connectivity index (χ3n) is 2.44. The van der Waals surface area contributed by atoms with Crippen molar-refractivity contribution in [1.29, 1.82) is 0 Å². The van der Waals surface area contributed by atoms with Gasteiger partial charge in [-0.05, 0) is 25.2 Å². The van der Waals surface area contributed by atoms with E-state index in [1.807, 2.05) is 13.8 Å². The van der Waals surface area contributed by atoms with Crippen molar-refractivity contribution in [2.45, 2.75) is 46.1 Å². The summed E-state index contributed by atoms with van der Waals surface area (Å²) in [6.07, 6.45) is 2.50. The average molecular weight is 244 g/mol. The number of nitrogens with one attached hydrogen (secondary N) is 2. The van der Waals surface area contributed by atoms with Gasteiger partial charge < -0.3 is 15.7 Å². The van der Waals surface area contributed by atoms with Crippen LogP contribution in [-0.2, 0) is 9.59 Å². The summed E-state index contributed by atoms with van der Waals surface area (Å²) >= 11 is 0. The number of hydrogen-bond donors (Lipinski definition) is 3. The van der Waals surface area contributed by atoms with E-state index in [1.165, 1.54) is 6.92 Å². The number of amides is 2. The normalized spacial score (nSPS) is 12.3. The SMILES string of the molecule is CC(=O)NC(C(=O)NCCCCCO)C(C)C. The van der Waals surface area contributed by atoms with Crippen molar-refractivity contribution in [3.05, 3.63) is 0 Å². The molecule has 17 heavy (non-hydrogen) atoms. The van der Waals surface area contributed by atoms with Crippen LogP contribution in [-0.4, -0.2) is 36.1 Å². The first kappa shape index (κ1) is 15.9. The van der Waals surface area contributed by atoms with Crippen molar-refractivity contribution < 1.29 is 14.7 Å². The highest BCUT2D eigenvalue weighted by Crippen LogP contribution is 2.02. The Morgan fingerprint density at radius 2 is 1.82 bits per heavy atom. The first-order chi connectivity index (χ1) is 7.99. The number of aliphatic hydroxyl groups excluding tert-OH is 1. The second-order valence-corrected chi connectivity index (χ2v) is 4.50. The fourth-order valence-corrected chi connectivity index (χ4v) is 1.49. The zero-order valence-electron chi connectivity index (χ0n) is 11.0. The Labute approximate surface area is 103 Å². The summed E-state index contributed by atoms with van der Waals surface area (Å²) in [6.45, 7) is 5.97. The molecule has 5 nitrogen and oxygen atoms in total. The molecule has 0 saturated heterocycles. The van der Waals surface area contributed by atoms with Gasteiger partial charge in [0.1, 0.15) is 6.04 Å². The minimum atomic E-state index is -0.467. The highest BCUT2D eigenvalue weighted by Gasteiger charge is 2.22. The summed E-state index contributed by atoms with van der Waals surface area (Å²) in [7, 11) is 0. The minimum absolute atomic E-state index is 0.0661. The average Bonchev–Trinajstić information content (AvgIpc) is 2.24. The summed E-state index contributed by atoms with van der Waals surface area (Å²) in [5.41, 5.74) is 0. The Morgan fingerprint density at radius 3 is 2.29 bits per heavy atom. The van der Waals surface area contributed by atoms with Crippen molar-refractivity contribution >= 4 is 11.8 Å². The number of carbonyl (C=O) groups is 2. The summed E-state index contributed by atoms with van der Waals surface area (Å²) in [6, 6.07) is -0.467. The van der Waals surface area contributed by atoms with Crippen LogP contribution in [0.2, 0.25) is 0 Å². The zero-order valence-corrected chi connectivity index (χ0v) is 11.0. The molecule has 1 atom stereocenters. The lowest BCUT2D eigenvalue weighted by Gasteiger charge is -2.20. The molecule has 0 radical (unpaired) electrons. The maximum absolute atomic E-state index is 11.8. The van der Waals surface area contributed by atoms with Gasteiger partial charge >= 0.3 is 0 Å². The van der Waals surface area contributed by atoms with E-state index in [4.69, 9.17) is 5.11 Å². The van der Waals surface area contributed by atoms with Crippen LogP contribution in [0, 0.1) is 5.92 Å². The fourth-order valence-electron chi connectivity index (χ4n) is 1.49. The molecule has 0 aliphatic rings. The Bertz CT molecular complexity index is 242. The van der Waals surface area contributed by atoms with Crippen LogP contribution in [0.15, 0.2) is 0 Å². The molecule has 0 aliphatic carbocycles. The molecule has 0 aromatic heterocycles. The molecule has 2 amide bonds. The maximum atomic E-state index is 11.8. The van der Waals surface area contributed by atoms with Crippen LogP contribution in [0.3, 0.4) is 0 Å². The molecule has 0 fully saturated rings. The molecular weight excluding hydrogens is 220 g/mol. The maximum Gasteiger partial charge on any atom is 0.242 e. The summed E-state index contributed by atoms with van der Waals surface area (Å²) in [5, 5.41) is 14.0. The van der Waals surface area contributed by atoms with Crippen LogP contribution in [0.1, 0.15) is 40.0 Å². The topological polar surface area (TPSA) is 78.4 Å². The predicted molar refractivity (Wildman–Crippen MR) is 66.4 cm³/mol. The molecular formula is C12H24N2O3. The van der Waals surface area contributed by atoms with E-state index in [-0.39, 0.29) is 24.3 Å². The van der Waals surface area contributed by atoms with Gasteiger partial charge in [0, 0.05) is 20.1 Å².